The summed E-state index contributed by atoms with van der Waals surface area (Å²) in [7, 11) is 0. The molecule has 4 nitrogen and oxygen atoms in total. The van der Waals surface area contributed by atoms with Crippen LogP contribution in [0.25, 0.3) is 11.0 Å². The lowest BCUT2D eigenvalue weighted by atomic mass is 10.2. The van der Waals surface area contributed by atoms with E-state index in [1.54, 1.807) is 0 Å². The summed E-state index contributed by atoms with van der Waals surface area (Å²) in [4.78, 5) is 19.1. The number of carbonyl (C=O) groups is 1. The molecule has 0 spiro atoms. The monoisotopic (exact) mass is 231 g/mol. The number of nitrogens with one attached hydrogen (secondary N) is 2. The van der Waals surface area contributed by atoms with Crippen molar-refractivity contribution in [1.82, 2.24) is 9.97 Å². The topological polar surface area (TPSA) is 57.8 Å². The molecule has 0 aliphatic carbocycles. The zero-order chi connectivity index (χ0) is 12.3. The third-order valence-corrected chi connectivity index (χ3v) is 2.63. The number of aromatic amines is 1. The molecule has 1 amide bonds. The van der Waals surface area contributed by atoms with E-state index in [1.807, 2.05) is 25.1 Å². The molecule has 1 aromatic heterocycles. The van der Waals surface area contributed by atoms with Crippen molar-refractivity contribution >= 4 is 22.6 Å². The molecule has 4 heteroatoms. The average Bonchev–Trinajstić information content (AvgIpc) is 2.71. The van der Waals surface area contributed by atoms with Crippen molar-refractivity contribution in [1.29, 1.82) is 0 Å². The highest BCUT2D eigenvalue weighted by Gasteiger charge is 2.04. The van der Waals surface area contributed by atoms with Crippen LogP contribution in [0, 0.1) is 0 Å². The average molecular weight is 231 g/mol. The van der Waals surface area contributed by atoms with Gasteiger partial charge in [-0.1, -0.05) is 13.8 Å². The van der Waals surface area contributed by atoms with E-state index in [4.69, 9.17) is 0 Å². The van der Waals surface area contributed by atoms with Crippen LogP contribution >= 0.6 is 0 Å². The number of aromatic nitrogens is 2. The van der Waals surface area contributed by atoms with E-state index in [1.165, 1.54) is 0 Å². The molecule has 0 aliphatic heterocycles. The number of nitrogens with zero attached hydrogens (tertiary/aromatic N) is 1. The second-order valence-corrected chi connectivity index (χ2v) is 4.07. The van der Waals surface area contributed by atoms with Crippen molar-refractivity contribution in [2.75, 3.05) is 5.32 Å². The number of hydrogen-bond donors (Lipinski definition) is 2. The summed E-state index contributed by atoms with van der Waals surface area (Å²) in [6, 6.07) is 5.73. The minimum atomic E-state index is 0.0575. The second-order valence-electron chi connectivity index (χ2n) is 4.07. The highest BCUT2D eigenvalue weighted by molar-refractivity contribution is 5.92. The Bertz CT molecular complexity index is 530. The maximum atomic E-state index is 11.5. The molecule has 0 aliphatic rings. The predicted octanol–water partition coefficient (Wildman–Crippen LogP) is 2.86. The zero-order valence-electron chi connectivity index (χ0n) is 10.2. The summed E-state index contributed by atoms with van der Waals surface area (Å²) < 4.78 is 0. The lowest BCUT2D eigenvalue weighted by Gasteiger charge is -2.03. The lowest BCUT2D eigenvalue weighted by molar-refractivity contribution is -0.116. The standard InChI is InChI=1S/C13H17N3O/c1-3-5-13(17)14-9-6-7-10-11(8-9)16-12(4-2)15-10/h6-8H,3-5H2,1-2H3,(H,14,17)(H,15,16). The number of carbonyl (C=O) groups excluding carboxylic acids is 1. The molecule has 2 aromatic rings. The van der Waals surface area contributed by atoms with E-state index in [-0.39, 0.29) is 5.91 Å². The van der Waals surface area contributed by atoms with Crippen LogP contribution in [0.5, 0.6) is 0 Å². The number of aryl methyl sites for hydroxylation is 1. The van der Waals surface area contributed by atoms with Gasteiger partial charge in [-0.3, -0.25) is 4.79 Å². The molecule has 0 atom stereocenters. The molecule has 0 bridgehead atoms. The lowest BCUT2D eigenvalue weighted by Crippen LogP contribution is -2.10. The summed E-state index contributed by atoms with van der Waals surface area (Å²) in [5.74, 6) is 1.03. The third kappa shape index (κ3) is 2.64. The van der Waals surface area contributed by atoms with Crippen LogP contribution in [0.3, 0.4) is 0 Å². The summed E-state index contributed by atoms with van der Waals surface area (Å²) in [5.41, 5.74) is 2.73. The molecule has 2 rings (SSSR count). The van der Waals surface area contributed by atoms with Gasteiger partial charge in [-0.15, -0.1) is 0 Å². The van der Waals surface area contributed by atoms with Gasteiger partial charge in [-0.25, -0.2) is 4.98 Å². The van der Waals surface area contributed by atoms with Crippen molar-refractivity contribution in [3.05, 3.63) is 24.0 Å². The molecule has 90 valence electrons. The molecule has 0 unspecified atom stereocenters. The van der Waals surface area contributed by atoms with E-state index in [9.17, 15) is 4.79 Å². The van der Waals surface area contributed by atoms with Gasteiger partial charge in [-0.2, -0.15) is 0 Å². The van der Waals surface area contributed by atoms with Crippen LogP contribution in [-0.2, 0) is 11.2 Å². The van der Waals surface area contributed by atoms with Crippen LogP contribution in [0.1, 0.15) is 32.5 Å². The van der Waals surface area contributed by atoms with Crippen molar-refractivity contribution in [2.24, 2.45) is 0 Å². The van der Waals surface area contributed by atoms with Crippen LogP contribution in [-0.4, -0.2) is 15.9 Å². The van der Waals surface area contributed by atoms with Gasteiger partial charge in [0.1, 0.15) is 5.82 Å². The van der Waals surface area contributed by atoms with E-state index in [0.717, 1.165) is 35.4 Å². The number of amides is 1. The van der Waals surface area contributed by atoms with Crippen LogP contribution in [0.4, 0.5) is 5.69 Å². The molecule has 1 heterocycles. The number of H-pyrrole nitrogens is 1. The Morgan fingerprint density at radius 1 is 1.41 bits per heavy atom. The van der Waals surface area contributed by atoms with Crippen molar-refractivity contribution in [3.8, 4) is 0 Å². The predicted molar refractivity (Wildman–Crippen MR) is 69.0 cm³/mol. The van der Waals surface area contributed by atoms with E-state index in [0.29, 0.717) is 6.42 Å². The molecule has 2 N–H and O–H groups in total. The molecule has 0 saturated heterocycles. The van der Waals surface area contributed by atoms with Gasteiger partial charge < -0.3 is 10.3 Å². The SMILES string of the molecule is CCCC(=O)Nc1ccc2nc(CC)[nH]c2c1. The quantitative estimate of drug-likeness (QED) is 0.850. The summed E-state index contributed by atoms with van der Waals surface area (Å²) in [6.07, 6.45) is 2.30. The fraction of sp³-hybridized carbons (Fsp3) is 0.385. The zero-order valence-corrected chi connectivity index (χ0v) is 10.2. The minimum absolute atomic E-state index is 0.0575. The Kier molecular flexibility index (Phi) is 3.42. The van der Waals surface area contributed by atoms with Gasteiger partial charge in [0.15, 0.2) is 0 Å². The fourth-order valence-corrected chi connectivity index (χ4v) is 1.76. The van der Waals surface area contributed by atoms with Gasteiger partial charge in [0.2, 0.25) is 5.91 Å². The first-order valence-corrected chi connectivity index (χ1v) is 6.01. The maximum Gasteiger partial charge on any atom is 0.224 e. The van der Waals surface area contributed by atoms with Crippen LogP contribution in [0.15, 0.2) is 18.2 Å². The molecule has 0 fully saturated rings. The van der Waals surface area contributed by atoms with Crippen molar-refractivity contribution in [3.63, 3.8) is 0 Å². The fourth-order valence-electron chi connectivity index (χ4n) is 1.76. The number of benzene rings is 1. The van der Waals surface area contributed by atoms with E-state index < -0.39 is 0 Å². The van der Waals surface area contributed by atoms with Crippen molar-refractivity contribution in [2.45, 2.75) is 33.1 Å². The smallest absolute Gasteiger partial charge is 0.224 e. The molecular formula is C13H17N3O. The second kappa shape index (κ2) is 4.99. The molecule has 0 saturated carbocycles. The molecular weight excluding hydrogens is 214 g/mol. The maximum absolute atomic E-state index is 11.5. The Hall–Kier alpha value is -1.84. The van der Waals surface area contributed by atoms with Gasteiger partial charge in [0.05, 0.1) is 11.0 Å². The summed E-state index contributed by atoms with van der Waals surface area (Å²) in [6.45, 7) is 4.05. The highest BCUT2D eigenvalue weighted by Crippen LogP contribution is 2.17. The number of rotatable bonds is 4. The normalized spacial score (nSPS) is 10.7. The van der Waals surface area contributed by atoms with E-state index in [2.05, 4.69) is 22.2 Å². The van der Waals surface area contributed by atoms with Gasteiger partial charge in [0, 0.05) is 18.5 Å². The Morgan fingerprint density at radius 3 is 2.94 bits per heavy atom. The number of anilines is 1. The molecule has 17 heavy (non-hydrogen) atoms. The number of fused-ring (bicyclic) bond motifs is 1. The first-order chi connectivity index (χ1) is 8.22. The van der Waals surface area contributed by atoms with Crippen molar-refractivity contribution < 1.29 is 4.79 Å². The summed E-state index contributed by atoms with van der Waals surface area (Å²) in [5, 5.41) is 2.88. The highest BCUT2D eigenvalue weighted by atomic mass is 16.1. The minimum Gasteiger partial charge on any atom is -0.342 e. The number of imidazole rings is 1. The van der Waals surface area contributed by atoms with Crippen LogP contribution < -0.4 is 5.32 Å². The molecule has 1 aromatic carbocycles. The number of hydrogen-bond acceptors (Lipinski definition) is 2. The van der Waals surface area contributed by atoms with Gasteiger partial charge >= 0.3 is 0 Å². The van der Waals surface area contributed by atoms with Gasteiger partial charge in [0.25, 0.3) is 0 Å². The largest absolute Gasteiger partial charge is 0.342 e. The van der Waals surface area contributed by atoms with Gasteiger partial charge in [-0.05, 0) is 24.6 Å². The van der Waals surface area contributed by atoms with E-state index >= 15 is 0 Å². The van der Waals surface area contributed by atoms with Crippen LogP contribution in [0.2, 0.25) is 0 Å². The summed E-state index contributed by atoms with van der Waals surface area (Å²) >= 11 is 0. The Balaban J connectivity index is 2.21. The first kappa shape index (κ1) is 11.6. The molecule has 0 radical (unpaired) electrons. The Labute approximate surface area is 100 Å². The Morgan fingerprint density at radius 2 is 2.24 bits per heavy atom. The third-order valence-electron chi connectivity index (χ3n) is 2.63. The first-order valence-electron chi connectivity index (χ1n) is 6.01.